The van der Waals surface area contributed by atoms with E-state index in [2.05, 4.69) is 10.0 Å². The lowest BCUT2D eigenvalue weighted by Gasteiger charge is -2.20. The molecule has 154 valence electrons. The highest BCUT2D eigenvalue weighted by molar-refractivity contribution is 7.90. The molecule has 0 aliphatic carbocycles. The van der Waals surface area contributed by atoms with Crippen LogP contribution in [0, 0.1) is 6.92 Å². The first-order valence-corrected chi connectivity index (χ1v) is 10.6. The fourth-order valence-electron chi connectivity index (χ4n) is 2.64. The zero-order chi connectivity index (χ0) is 21.8. The second-order valence-electron chi connectivity index (χ2n) is 7.73. The Balaban J connectivity index is 2.17. The van der Waals surface area contributed by atoms with E-state index in [-0.39, 0.29) is 16.2 Å². The van der Waals surface area contributed by atoms with Crippen LogP contribution >= 0.6 is 0 Å². The van der Waals surface area contributed by atoms with E-state index in [0.29, 0.717) is 16.7 Å². The van der Waals surface area contributed by atoms with Crippen LogP contribution in [0.3, 0.4) is 0 Å². The molecular formula is C22H26N2O4S. The van der Waals surface area contributed by atoms with Crippen LogP contribution in [0.4, 0.5) is 0 Å². The highest BCUT2D eigenvalue weighted by atomic mass is 32.2. The van der Waals surface area contributed by atoms with Gasteiger partial charge in [0.1, 0.15) is 0 Å². The van der Waals surface area contributed by atoms with Gasteiger partial charge in [-0.15, -0.1) is 0 Å². The molecule has 0 aromatic heterocycles. The zero-order valence-corrected chi connectivity index (χ0v) is 18.1. The van der Waals surface area contributed by atoms with E-state index in [0.717, 1.165) is 11.6 Å². The van der Waals surface area contributed by atoms with Crippen molar-refractivity contribution < 1.29 is 18.0 Å². The molecule has 0 spiro atoms. The van der Waals surface area contributed by atoms with Crippen molar-refractivity contribution in [2.45, 2.75) is 38.0 Å². The maximum Gasteiger partial charge on any atom is 0.264 e. The summed E-state index contributed by atoms with van der Waals surface area (Å²) in [5.74, 6) is -0.960. The minimum Gasteiger partial charge on any atom is -0.355 e. The van der Waals surface area contributed by atoms with E-state index in [4.69, 9.17) is 0 Å². The summed E-state index contributed by atoms with van der Waals surface area (Å²) >= 11 is 0. The van der Waals surface area contributed by atoms with Crippen molar-refractivity contribution in [2.75, 3.05) is 7.05 Å². The van der Waals surface area contributed by atoms with Crippen LogP contribution in [0.5, 0.6) is 0 Å². The number of rotatable bonds is 5. The van der Waals surface area contributed by atoms with E-state index in [9.17, 15) is 18.0 Å². The van der Waals surface area contributed by atoms with Gasteiger partial charge in [-0.05, 0) is 53.3 Å². The summed E-state index contributed by atoms with van der Waals surface area (Å²) in [4.78, 5) is 23.8. The summed E-state index contributed by atoms with van der Waals surface area (Å²) in [5, 5.41) is 2.52. The third-order valence-electron chi connectivity index (χ3n) is 4.41. The maximum atomic E-state index is 12.7. The Morgan fingerprint density at radius 1 is 1.00 bits per heavy atom. The average Bonchev–Trinajstić information content (AvgIpc) is 2.65. The first kappa shape index (κ1) is 22.4. The molecule has 2 aromatic carbocycles. The molecule has 0 heterocycles. The Morgan fingerprint density at radius 2 is 1.62 bits per heavy atom. The van der Waals surface area contributed by atoms with Crippen molar-refractivity contribution in [3.05, 3.63) is 70.8 Å². The zero-order valence-electron chi connectivity index (χ0n) is 17.2. The van der Waals surface area contributed by atoms with E-state index >= 15 is 0 Å². The molecule has 0 unspecified atom stereocenters. The second kappa shape index (κ2) is 8.61. The Bertz CT molecular complexity index is 1050. The number of carbonyl (C=O) groups excluding carboxylic acids is 2. The van der Waals surface area contributed by atoms with Gasteiger partial charge in [0.25, 0.3) is 21.8 Å². The number of benzene rings is 2. The van der Waals surface area contributed by atoms with Gasteiger partial charge < -0.3 is 5.32 Å². The van der Waals surface area contributed by atoms with Crippen molar-refractivity contribution in [3.63, 3.8) is 0 Å². The molecule has 7 heteroatoms. The van der Waals surface area contributed by atoms with Crippen LogP contribution in [0.15, 0.2) is 53.4 Å². The number of hydrogen-bond acceptors (Lipinski definition) is 4. The smallest absolute Gasteiger partial charge is 0.264 e. The van der Waals surface area contributed by atoms with E-state index in [1.807, 2.05) is 26.8 Å². The molecule has 0 saturated carbocycles. The van der Waals surface area contributed by atoms with Crippen LogP contribution in [0.25, 0.3) is 6.08 Å². The Kier molecular flexibility index (Phi) is 6.64. The quantitative estimate of drug-likeness (QED) is 0.735. The first-order chi connectivity index (χ1) is 13.4. The molecule has 0 fully saturated rings. The van der Waals surface area contributed by atoms with Crippen molar-refractivity contribution in [1.82, 2.24) is 10.0 Å². The number of carbonyl (C=O) groups is 2. The predicted molar refractivity (Wildman–Crippen MR) is 114 cm³/mol. The summed E-state index contributed by atoms with van der Waals surface area (Å²) in [5.41, 5.74) is 2.36. The second-order valence-corrected chi connectivity index (χ2v) is 9.39. The lowest BCUT2D eigenvalue weighted by molar-refractivity contribution is -0.114. The van der Waals surface area contributed by atoms with Gasteiger partial charge in [-0.25, -0.2) is 13.1 Å². The number of hydrogen-bond donors (Lipinski definition) is 2. The molecule has 29 heavy (non-hydrogen) atoms. The molecule has 2 aromatic rings. The minimum atomic E-state index is -4.00. The monoisotopic (exact) mass is 414 g/mol. The van der Waals surface area contributed by atoms with E-state index in [1.165, 1.54) is 6.08 Å². The Morgan fingerprint density at radius 3 is 2.17 bits per heavy atom. The van der Waals surface area contributed by atoms with Crippen molar-refractivity contribution in [1.29, 1.82) is 0 Å². The molecule has 0 atom stereocenters. The van der Waals surface area contributed by atoms with E-state index < -0.39 is 15.9 Å². The molecular weight excluding hydrogens is 388 g/mol. The summed E-state index contributed by atoms with van der Waals surface area (Å²) < 4.78 is 27.5. The van der Waals surface area contributed by atoms with Gasteiger partial charge in [-0.3, -0.25) is 9.59 Å². The molecule has 6 nitrogen and oxygen atoms in total. The number of amides is 2. The van der Waals surface area contributed by atoms with Crippen LogP contribution in [-0.4, -0.2) is 27.3 Å². The fourth-order valence-corrected chi connectivity index (χ4v) is 3.86. The summed E-state index contributed by atoms with van der Waals surface area (Å²) in [6.45, 7) is 7.66. The number of nitrogens with one attached hydrogen (secondary N) is 2. The van der Waals surface area contributed by atoms with Crippen LogP contribution in [0.1, 0.15) is 47.8 Å². The normalized spacial score (nSPS) is 12.0. The molecule has 0 bridgehead atoms. The van der Waals surface area contributed by atoms with Crippen LogP contribution < -0.4 is 10.0 Å². The van der Waals surface area contributed by atoms with Gasteiger partial charge in [0.2, 0.25) is 0 Å². The lowest BCUT2D eigenvalue weighted by Crippen LogP contribution is -2.30. The average molecular weight is 415 g/mol. The van der Waals surface area contributed by atoms with Crippen molar-refractivity contribution in [2.24, 2.45) is 0 Å². The summed E-state index contributed by atoms with van der Waals surface area (Å²) in [7, 11) is -2.46. The topological polar surface area (TPSA) is 92.3 Å². The van der Waals surface area contributed by atoms with Crippen molar-refractivity contribution >= 4 is 27.9 Å². The van der Waals surface area contributed by atoms with Gasteiger partial charge >= 0.3 is 0 Å². The van der Waals surface area contributed by atoms with Gasteiger partial charge in [-0.2, -0.15) is 0 Å². The first-order valence-electron chi connectivity index (χ1n) is 9.12. The highest BCUT2D eigenvalue weighted by Crippen LogP contribution is 2.26. The Hall–Kier alpha value is -2.93. The van der Waals surface area contributed by atoms with Gasteiger partial charge in [0.05, 0.1) is 4.90 Å². The predicted octanol–water partition coefficient (Wildman–Crippen LogP) is 3.17. The van der Waals surface area contributed by atoms with Gasteiger partial charge in [0.15, 0.2) is 0 Å². The lowest BCUT2D eigenvalue weighted by atomic mass is 9.87. The maximum absolute atomic E-state index is 12.7. The summed E-state index contributed by atoms with van der Waals surface area (Å²) in [6.07, 6.45) is 2.63. The van der Waals surface area contributed by atoms with E-state index in [1.54, 1.807) is 50.4 Å². The molecule has 2 rings (SSSR count). The number of aryl methyl sites for hydroxylation is 1. The standard InChI is InChI=1S/C22H26N2O4S/c1-15-6-12-18(22(2,3)4)14-19(15)29(27,28)24-20(25)13-9-16-7-10-17(11-8-16)21(26)23-5/h6-14H,1-5H3,(H,23,26)(H,24,25)/b13-9+. The molecule has 2 N–H and O–H groups in total. The van der Waals surface area contributed by atoms with Crippen molar-refractivity contribution in [3.8, 4) is 0 Å². The van der Waals surface area contributed by atoms with Crippen LogP contribution in [-0.2, 0) is 20.2 Å². The molecule has 0 saturated heterocycles. The molecule has 2 amide bonds. The third-order valence-corrected chi connectivity index (χ3v) is 5.89. The number of sulfonamides is 1. The van der Waals surface area contributed by atoms with Gasteiger partial charge in [0, 0.05) is 18.7 Å². The fraction of sp³-hybridized carbons (Fsp3) is 0.273. The summed E-state index contributed by atoms with van der Waals surface area (Å²) in [6, 6.07) is 11.8. The minimum absolute atomic E-state index is 0.0848. The van der Waals surface area contributed by atoms with Crippen LogP contribution in [0.2, 0.25) is 0 Å². The third kappa shape index (κ3) is 5.77. The molecule has 0 aliphatic rings. The van der Waals surface area contributed by atoms with Gasteiger partial charge in [-0.1, -0.05) is 45.0 Å². The Labute approximate surface area is 172 Å². The molecule has 0 radical (unpaired) electrons. The SMILES string of the molecule is CNC(=O)c1ccc(/C=C/C(=O)NS(=O)(=O)c2cc(C(C)(C)C)ccc2C)cc1. The largest absolute Gasteiger partial charge is 0.355 e. The highest BCUT2D eigenvalue weighted by Gasteiger charge is 2.22. The molecule has 0 aliphatic heterocycles.